The predicted octanol–water partition coefficient (Wildman–Crippen LogP) is 2.92. The lowest BCUT2D eigenvalue weighted by Crippen LogP contribution is -2.13. The highest BCUT2D eigenvalue weighted by Crippen LogP contribution is 2.19. The second kappa shape index (κ2) is 6.28. The second-order valence-electron chi connectivity index (χ2n) is 4.95. The average molecular weight is 271 g/mol. The van der Waals surface area contributed by atoms with Crippen LogP contribution in [0.1, 0.15) is 34.8 Å². The summed E-state index contributed by atoms with van der Waals surface area (Å²) in [6.07, 6.45) is 5.36. The molecule has 1 aromatic carbocycles. The van der Waals surface area contributed by atoms with Gasteiger partial charge in [-0.2, -0.15) is 0 Å². The molecule has 0 aliphatic heterocycles. The van der Waals surface area contributed by atoms with Crippen molar-refractivity contribution in [2.24, 2.45) is 5.73 Å². The molecule has 0 spiro atoms. The number of hydrogen-bond acceptors (Lipinski definition) is 2. The normalized spacial score (nSPS) is 10.5. The molecule has 0 atom stereocenters. The number of rotatable bonds is 6. The van der Waals surface area contributed by atoms with E-state index in [1.165, 1.54) is 5.56 Å². The van der Waals surface area contributed by atoms with Crippen LogP contribution >= 0.6 is 0 Å². The van der Waals surface area contributed by atoms with Gasteiger partial charge in [-0.05, 0) is 42.7 Å². The maximum absolute atomic E-state index is 11.3. The molecule has 0 radical (unpaired) electrons. The zero-order valence-electron chi connectivity index (χ0n) is 12.0. The Morgan fingerprint density at radius 3 is 2.85 bits per heavy atom. The van der Waals surface area contributed by atoms with E-state index in [1.54, 1.807) is 6.07 Å². The van der Waals surface area contributed by atoms with E-state index in [1.807, 2.05) is 19.1 Å². The van der Waals surface area contributed by atoms with Crippen LogP contribution in [0, 0.1) is 6.92 Å². The molecule has 0 unspecified atom stereocenters. The molecule has 1 amide bonds. The summed E-state index contributed by atoms with van der Waals surface area (Å²) in [6.45, 7) is 5.84. The van der Waals surface area contributed by atoms with Gasteiger partial charge < -0.3 is 15.6 Å². The molecule has 1 heterocycles. The zero-order valence-corrected chi connectivity index (χ0v) is 12.0. The van der Waals surface area contributed by atoms with Crippen LogP contribution < -0.4 is 11.1 Å². The number of carbonyl (C=O) groups is 1. The number of nitrogens with zero attached hydrogens (tertiary/aromatic N) is 1. The van der Waals surface area contributed by atoms with E-state index >= 15 is 0 Å². The number of amides is 1. The quantitative estimate of drug-likeness (QED) is 0.848. The van der Waals surface area contributed by atoms with Crippen LogP contribution in [-0.2, 0) is 13.1 Å². The van der Waals surface area contributed by atoms with Crippen LogP contribution in [0.5, 0.6) is 0 Å². The van der Waals surface area contributed by atoms with Crippen LogP contribution in [0.15, 0.2) is 36.7 Å². The van der Waals surface area contributed by atoms with Crippen molar-refractivity contribution in [1.29, 1.82) is 0 Å². The topological polar surface area (TPSA) is 60.1 Å². The highest BCUT2D eigenvalue weighted by molar-refractivity contribution is 5.95. The Bertz CT molecular complexity index is 602. The van der Waals surface area contributed by atoms with E-state index < -0.39 is 0 Å². The first-order chi connectivity index (χ1) is 9.61. The summed E-state index contributed by atoms with van der Waals surface area (Å²) in [5.41, 5.74) is 8.99. The third kappa shape index (κ3) is 3.20. The number of carbonyl (C=O) groups excluding carboxylic acids is 1. The number of aromatic nitrogens is 1. The summed E-state index contributed by atoms with van der Waals surface area (Å²) in [4.78, 5) is 11.3. The van der Waals surface area contributed by atoms with Crippen molar-refractivity contribution in [2.75, 3.05) is 5.32 Å². The van der Waals surface area contributed by atoms with Crippen molar-refractivity contribution in [3.63, 3.8) is 0 Å². The van der Waals surface area contributed by atoms with E-state index in [9.17, 15) is 4.79 Å². The first-order valence-electron chi connectivity index (χ1n) is 6.89. The van der Waals surface area contributed by atoms with Gasteiger partial charge in [0.15, 0.2) is 0 Å². The van der Waals surface area contributed by atoms with Gasteiger partial charge in [0.25, 0.3) is 0 Å². The third-order valence-electron chi connectivity index (χ3n) is 3.38. The van der Waals surface area contributed by atoms with Gasteiger partial charge in [0.1, 0.15) is 0 Å². The summed E-state index contributed by atoms with van der Waals surface area (Å²) >= 11 is 0. The number of anilines is 1. The van der Waals surface area contributed by atoms with Crippen LogP contribution in [0.4, 0.5) is 5.69 Å². The summed E-state index contributed by atoms with van der Waals surface area (Å²) in [7, 11) is 0. The van der Waals surface area contributed by atoms with Crippen LogP contribution in [0.2, 0.25) is 0 Å². The first-order valence-corrected chi connectivity index (χ1v) is 6.89. The number of hydrogen-bond donors (Lipinski definition) is 2. The van der Waals surface area contributed by atoms with Crippen molar-refractivity contribution < 1.29 is 4.79 Å². The Kier molecular flexibility index (Phi) is 4.45. The molecule has 20 heavy (non-hydrogen) atoms. The van der Waals surface area contributed by atoms with Gasteiger partial charge in [0, 0.05) is 36.7 Å². The molecule has 4 heteroatoms. The monoisotopic (exact) mass is 271 g/mol. The molecule has 0 bridgehead atoms. The Hall–Kier alpha value is -2.23. The minimum Gasteiger partial charge on any atom is -0.381 e. The lowest BCUT2D eigenvalue weighted by atomic mass is 10.1. The van der Waals surface area contributed by atoms with E-state index in [4.69, 9.17) is 5.73 Å². The summed E-state index contributed by atoms with van der Waals surface area (Å²) in [6, 6.07) is 7.67. The van der Waals surface area contributed by atoms with E-state index in [0.717, 1.165) is 30.8 Å². The summed E-state index contributed by atoms with van der Waals surface area (Å²) in [5, 5.41) is 3.36. The molecule has 2 aromatic rings. The number of primary amides is 1. The number of nitrogens with two attached hydrogens (primary N) is 1. The second-order valence-corrected chi connectivity index (χ2v) is 4.95. The number of benzene rings is 1. The van der Waals surface area contributed by atoms with Gasteiger partial charge in [-0.1, -0.05) is 13.0 Å². The Morgan fingerprint density at radius 1 is 1.35 bits per heavy atom. The van der Waals surface area contributed by atoms with Gasteiger partial charge >= 0.3 is 0 Å². The summed E-state index contributed by atoms with van der Waals surface area (Å²) < 4.78 is 2.18. The fourth-order valence-corrected chi connectivity index (χ4v) is 2.28. The lowest BCUT2D eigenvalue weighted by Gasteiger charge is -2.11. The Labute approximate surface area is 119 Å². The molecule has 4 nitrogen and oxygen atoms in total. The molecule has 1 aromatic heterocycles. The van der Waals surface area contributed by atoms with Gasteiger partial charge in [-0.25, -0.2) is 0 Å². The van der Waals surface area contributed by atoms with Gasteiger partial charge in [-0.15, -0.1) is 0 Å². The van der Waals surface area contributed by atoms with Gasteiger partial charge in [0.05, 0.1) is 0 Å². The molecule has 0 saturated carbocycles. The average Bonchev–Trinajstić information content (AvgIpc) is 2.85. The largest absolute Gasteiger partial charge is 0.381 e. The maximum atomic E-state index is 11.3. The fourth-order valence-electron chi connectivity index (χ4n) is 2.28. The van der Waals surface area contributed by atoms with Crippen molar-refractivity contribution in [2.45, 2.75) is 33.4 Å². The van der Waals surface area contributed by atoms with E-state index in [-0.39, 0.29) is 5.91 Å². The Balaban J connectivity index is 2.06. The molecular formula is C16H21N3O. The zero-order chi connectivity index (χ0) is 14.5. The molecule has 2 rings (SSSR count). The lowest BCUT2D eigenvalue weighted by molar-refractivity contribution is 0.1000. The van der Waals surface area contributed by atoms with Crippen LogP contribution in [0.3, 0.4) is 0 Å². The van der Waals surface area contributed by atoms with Crippen molar-refractivity contribution in [1.82, 2.24) is 4.57 Å². The van der Waals surface area contributed by atoms with Gasteiger partial charge in [-0.3, -0.25) is 4.79 Å². The van der Waals surface area contributed by atoms with Crippen molar-refractivity contribution in [3.8, 4) is 0 Å². The Morgan fingerprint density at radius 2 is 2.15 bits per heavy atom. The van der Waals surface area contributed by atoms with Crippen molar-refractivity contribution in [3.05, 3.63) is 53.3 Å². The maximum Gasteiger partial charge on any atom is 0.249 e. The van der Waals surface area contributed by atoms with Crippen molar-refractivity contribution >= 4 is 11.6 Å². The molecular weight excluding hydrogens is 250 g/mol. The predicted molar refractivity (Wildman–Crippen MR) is 81.7 cm³/mol. The van der Waals surface area contributed by atoms with Crippen LogP contribution in [-0.4, -0.2) is 10.5 Å². The highest BCUT2D eigenvalue weighted by Gasteiger charge is 2.08. The first kappa shape index (κ1) is 14.2. The highest BCUT2D eigenvalue weighted by atomic mass is 16.1. The summed E-state index contributed by atoms with van der Waals surface area (Å²) in [5.74, 6) is -0.389. The molecule has 0 aliphatic carbocycles. The SMILES string of the molecule is CCCn1ccc(CNc2cccc(C(N)=O)c2C)c1. The minimum atomic E-state index is -0.389. The van der Waals surface area contributed by atoms with Crippen LogP contribution in [0.25, 0.3) is 0 Å². The standard InChI is InChI=1S/C16H21N3O/c1-3-8-19-9-7-13(11-19)10-18-15-6-4-5-14(12(15)2)16(17)20/h4-7,9,11,18H,3,8,10H2,1-2H3,(H2,17,20). The smallest absolute Gasteiger partial charge is 0.249 e. The fraction of sp³-hybridized carbons (Fsp3) is 0.312. The molecule has 0 aliphatic rings. The molecule has 0 saturated heterocycles. The van der Waals surface area contributed by atoms with Gasteiger partial charge in [0.2, 0.25) is 5.91 Å². The third-order valence-corrected chi connectivity index (χ3v) is 3.38. The minimum absolute atomic E-state index is 0.389. The molecule has 106 valence electrons. The molecule has 0 fully saturated rings. The molecule has 3 N–H and O–H groups in total. The van der Waals surface area contributed by atoms with E-state index in [0.29, 0.717) is 5.56 Å². The number of nitrogens with one attached hydrogen (secondary N) is 1. The van der Waals surface area contributed by atoms with E-state index in [2.05, 4.69) is 35.3 Å². The number of aryl methyl sites for hydroxylation is 1.